The Morgan fingerprint density at radius 2 is 1.85 bits per heavy atom. The van der Waals surface area contributed by atoms with Crippen LogP contribution in [0.15, 0.2) is 30.9 Å². The molecule has 2 aliphatic rings. The number of pyridine rings is 1. The zero-order valence-corrected chi connectivity index (χ0v) is 23.2. The van der Waals surface area contributed by atoms with E-state index in [1.165, 1.54) is 0 Å². The summed E-state index contributed by atoms with van der Waals surface area (Å²) >= 11 is 0. The molecule has 0 atom stereocenters. The van der Waals surface area contributed by atoms with E-state index in [0.29, 0.717) is 18.7 Å². The third-order valence-corrected chi connectivity index (χ3v) is 7.60. The van der Waals surface area contributed by atoms with E-state index in [1.54, 1.807) is 12.4 Å². The van der Waals surface area contributed by atoms with Crippen molar-refractivity contribution in [2.75, 3.05) is 25.0 Å². The van der Waals surface area contributed by atoms with Gasteiger partial charge >= 0.3 is 0 Å². The van der Waals surface area contributed by atoms with Crippen molar-refractivity contribution in [3.63, 3.8) is 0 Å². The van der Waals surface area contributed by atoms with Gasteiger partial charge < -0.3 is 25.8 Å². The van der Waals surface area contributed by atoms with Gasteiger partial charge in [-0.15, -0.1) is 12.4 Å². The summed E-state index contributed by atoms with van der Waals surface area (Å²) in [5.74, 6) is 0.838. The van der Waals surface area contributed by atoms with Crippen molar-refractivity contribution in [3.8, 4) is 0 Å². The van der Waals surface area contributed by atoms with E-state index < -0.39 is 0 Å². The summed E-state index contributed by atoms with van der Waals surface area (Å²) in [5.41, 5.74) is 8.36. The number of nitrogens with one attached hydrogen (secondary N) is 2. The maximum absolute atomic E-state index is 12.5. The number of hydrogen-bond donors (Lipinski definition) is 3. The third kappa shape index (κ3) is 6.83. The van der Waals surface area contributed by atoms with Crippen molar-refractivity contribution in [2.24, 2.45) is 5.73 Å². The molecule has 210 valence electrons. The summed E-state index contributed by atoms with van der Waals surface area (Å²) in [6.45, 7) is 4.07. The lowest BCUT2D eigenvalue weighted by Crippen LogP contribution is -2.45. The highest BCUT2D eigenvalue weighted by atomic mass is 35.5. The zero-order valence-electron chi connectivity index (χ0n) is 22.4. The molecule has 5 rings (SSSR count). The highest BCUT2D eigenvalue weighted by Crippen LogP contribution is 2.35. The number of aromatic nitrogens is 5. The highest BCUT2D eigenvalue weighted by Gasteiger charge is 2.33. The molecule has 1 saturated heterocycles. The van der Waals surface area contributed by atoms with Crippen LogP contribution in [0.5, 0.6) is 0 Å². The smallest absolute Gasteiger partial charge is 0.270 e. The summed E-state index contributed by atoms with van der Waals surface area (Å²) < 4.78 is 2.09. The fourth-order valence-corrected chi connectivity index (χ4v) is 5.31. The summed E-state index contributed by atoms with van der Waals surface area (Å²) in [4.78, 5) is 44.9. The van der Waals surface area contributed by atoms with Gasteiger partial charge in [-0.2, -0.15) is 0 Å². The van der Waals surface area contributed by atoms with E-state index in [4.69, 9.17) is 5.73 Å². The number of anilines is 1. The van der Waals surface area contributed by atoms with Crippen molar-refractivity contribution >= 4 is 41.2 Å². The summed E-state index contributed by atoms with van der Waals surface area (Å²) in [7, 11) is 0. The lowest BCUT2D eigenvalue weighted by atomic mass is 9.86. The topological polar surface area (TPSA) is 144 Å². The number of rotatable bonds is 10. The number of carbonyl (C=O) groups is 2. The number of nitrogens with two attached hydrogens (primary N) is 1. The first-order valence-corrected chi connectivity index (χ1v) is 13.7. The number of imidazole rings is 1. The second-order valence-electron chi connectivity index (χ2n) is 10.4. The summed E-state index contributed by atoms with van der Waals surface area (Å²) in [6.07, 6.45) is 10.3. The number of piperidine rings is 1. The second-order valence-corrected chi connectivity index (χ2v) is 10.4. The van der Waals surface area contributed by atoms with E-state index in [-0.39, 0.29) is 42.3 Å². The van der Waals surface area contributed by atoms with Gasteiger partial charge in [-0.3, -0.25) is 9.59 Å². The monoisotopic (exact) mass is 555 g/mol. The lowest BCUT2D eigenvalue weighted by molar-refractivity contribution is -0.132. The SMILES string of the molecule is Cc1cccc(C(=O)NC2CC(n3cnc4c(NC5CCN(C(=O)CCCCCN)CC5)ncnc43)C2)n1.Cl. The van der Waals surface area contributed by atoms with Crippen LogP contribution < -0.4 is 16.4 Å². The van der Waals surface area contributed by atoms with Crippen LogP contribution in [0.4, 0.5) is 5.82 Å². The first-order valence-electron chi connectivity index (χ1n) is 13.7. The molecule has 0 unspecified atom stereocenters. The van der Waals surface area contributed by atoms with Crippen LogP contribution >= 0.6 is 12.4 Å². The van der Waals surface area contributed by atoms with Gasteiger partial charge in [0.2, 0.25) is 5.91 Å². The molecule has 3 aromatic heterocycles. The fourth-order valence-electron chi connectivity index (χ4n) is 5.31. The lowest BCUT2D eigenvalue weighted by Gasteiger charge is -2.36. The van der Waals surface area contributed by atoms with E-state index >= 15 is 0 Å². The number of nitrogens with zero attached hydrogens (tertiary/aromatic N) is 6. The largest absolute Gasteiger partial charge is 0.365 e. The number of aryl methyl sites for hydroxylation is 1. The molecule has 0 bridgehead atoms. The molecule has 4 heterocycles. The van der Waals surface area contributed by atoms with Crippen LogP contribution in [0.25, 0.3) is 11.2 Å². The average Bonchev–Trinajstić information content (AvgIpc) is 3.33. The molecule has 12 heteroatoms. The highest BCUT2D eigenvalue weighted by molar-refractivity contribution is 5.92. The Hall–Kier alpha value is -3.31. The maximum atomic E-state index is 12.5. The molecule has 3 aromatic rings. The van der Waals surface area contributed by atoms with Crippen LogP contribution in [-0.4, -0.2) is 72.9 Å². The predicted molar refractivity (Wildman–Crippen MR) is 152 cm³/mol. The van der Waals surface area contributed by atoms with Crippen LogP contribution in [0.3, 0.4) is 0 Å². The summed E-state index contributed by atoms with van der Waals surface area (Å²) in [6, 6.07) is 6.01. The standard InChI is InChI=1S/C27H37N9O2.ClH/c1-18-6-5-7-22(32-18)27(38)34-20-14-21(15-20)36-17-31-24-25(29-16-30-26(24)36)33-19-9-12-35(13-10-19)23(37)8-3-2-4-11-28;/h5-7,16-17,19-21H,2-4,8-15,28H2,1H3,(H,34,38)(H,29,30,33);1H. The van der Waals surface area contributed by atoms with Crippen LogP contribution in [0, 0.1) is 6.92 Å². The Labute approximate surface area is 234 Å². The van der Waals surface area contributed by atoms with Crippen molar-refractivity contribution in [3.05, 3.63) is 42.2 Å². The predicted octanol–water partition coefficient (Wildman–Crippen LogP) is 3.01. The number of fused-ring (bicyclic) bond motifs is 1. The Bertz CT molecular complexity index is 1270. The molecule has 2 amide bonds. The number of unbranched alkanes of at least 4 members (excludes halogenated alkanes) is 2. The second kappa shape index (κ2) is 13.2. The van der Waals surface area contributed by atoms with E-state index in [2.05, 4.69) is 35.1 Å². The quantitative estimate of drug-likeness (QED) is 0.324. The van der Waals surface area contributed by atoms with Gasteiger partial charge in [0.1, 0.15) is 17.5 Å². The number of halogens is 1. The number of carbonyl (C=O) groups excluding carboxylic acids is 2. The Morgan fingerprint density at radius 3 is 2.59 bits per heavy atom. The van der Waals surface area contributed by atoms with E-state index in [0.717, 1.165) is 80.7 Å². The minimum absolute atomic E-state index is 0. The fraction of sp³-hybridized carbons (Fsp3) is 0.556. The van der Waals surface area contributed by atoms with Gasteiger partial charge in [-0.05, 0) is 64.1 Å². The van der Waals surface area contributed by atoms with Gasteiger partial charge in [0.05, 0.1) is 6.33 Å². The van der Waals surface area contributed by atoms with Crippen LogP contribution in [-0.2, 0) is 4.79 Å². The molecule has 11 nitrogen and oxygen atoms in total. The van der Waals surface area contributed by atoms with E-state index in [1.807, 2.05) is 30.3 Å². The Balaban J connectivity index is 0.00000353. The van der Waals surface area contributed by atoms with Gasteiger partial charge in [-0.25, -0.2) is 19.9 Å². The minimum Gasteiger partial charge on any atom is -0.365 e. The van der Waals surface area contributed by atoms with Crippen molar-refractivity contribution < 1.29 is 9.59 Å². The Morgan fingerprint density at radius 1 is 1.05 bits per heavy atom. The van der Waals surface area contributed by atoms with Crippen molar-refractivity contribution in [2.45, 2.75) is 76.4 Å². The van der Waals surface area contributed by atoms with E-state index in [9.17, 15) is 9.59 Å². The zero-order chi connectivity index (χ0) is 26.5. The maximum Gasteiger partial charge on any atom is 0.270 e. The molecule has 4 N–H and O–H groups in total. The minimum atomic E-state index is -0.138. The molecular formula is C27H38ClN9O2. The average molecular weight is 556 g/mol. The van der Waals surface area contributed by atoms with Gasteiger partial charge in [-0.1, -0.05) is 12.5 Å². The first-order chi connectivity index (χ1) is 18.5. The molecule has 0 radical (unpaired) electrons. The number of amides is 2. The van der Waals surface area contributed by atoms with Gasteiger partial charge in [0, 0.05) is 43.3 Å². The number of likely N-dealkylation sites (tertiary alicyclic amines) is 1. The van der Waals surface area contributed by atoms with Crippen LogP contribution in [0.2, 0.25) is 0 Å². The normalized spacial score (nSPS) is 19.3. The first kappa shape index (κ1) is 28.7. The van der Waals surface area contributed by atoms with Crippen molar-refractivity contribution in [1.29, 1.82) is 0 Å². The molecule has 0 spiro atoms. The molecule has 1 aliphatic heterocycles. The molecule has 1 saturated carbocycles. The molecule has 0 aromatic carbocycles. The molecule has 2 fully saturated rings. The van der Waals surface area contributed by atoms with Gasteiger partial charge in [0.15, 0.2) is 11.5 Å². The molecule has 1 aliphatic carbocycles. The number of hydrogen-bond acceptors (Lipinski definition) is 8. The summed E-state index contributed by atoms with van der Waals surface area (Å²) in [5, 5.41) is 6.63. The molecule has 39 heavy (non-hydrogen) atoms. The van der Waals surface area contributed by atoms with Crippen molar-refractivity contribution in [1.82, 2.24) is 34.7 Å². The molecular weight excluding hydrogens is 518 g/mol. The third-order valence-electron chi connectivity index (χ3n) is 7.60. The van der Waals surface area contributed by atoms with Gasteiger partial charge in [0.25, 0.3) is 5.91 Å². The van der Waals surface area contributed by atoms with Crippen LogP contribution in [0.1, 0.15) is 73.6 Å². The Kier molecular flexibility index (Phi) is 9.68.